The zero-order chi connectivity index (χ0) is 13.9. The minimum Gasteiger partial charge on any atom is -0.493 e. The second-order valence-electron chi connectivity index (χ2n) is 5.35. The smallest absolute Gasteiger partial charge is 0.308 e. The number of ether oxygens (including phenoxy) is 2. The molecule has 1 aromatic carbocycles. The van der Waals surface area contributed by atoms with E-state index in [9.17, 15) is 4.79 Å². The van der Waals surface area contributed by atoms with Gasteiger partial charge in [0.25, 0.3) is 0 Å². The fourth-order valence-electron chi connectivity index (χ4n) is 1.62. The van der Waals surface area contributed by atoms with E-state index in [1.165, 1.54) is 14.0 Å². The minimum absolute atomic E-state index is 0. The Kier molecular flexibility index (Phi) is 6.33. The predicted octanol–water partition coefficient (Wildman–Crippen LogP) is 3.09. The van der Waals surface area contributed by atoms with Crippen LogP contribution in [0.25, 0.3) is 0 Å². The van der Waals surface area contributed by atoms with Crippen molar-refractivity contribution in [2.75, 3.05) is 7.11 Å². The van der Waals surface area contributed by atoms with Crippen LogP contribution in [0.15, 0.2) is 18.2 Å². The van der Waals surface area contributed by atoms with E-state index in [-0.39, 0.29) is 29.8 Å². The van der Waals surface area contributed by atoms with Gasteiger partial charge < -0.3 is 15.2 Å². The van der Waals surface area contributed by atoms with Crippen LogP contribution in [0.5, 0.6) is 11.5 Å². The zero-order valence-corrected chi connectivity index (χ0v) is 12.8. The Morgan fingerprint density at radius 1 is 1.26 bits per heavy atom. The molecule has 4 nitrogen and oxygen atoms in total. The summed E-state index contributed by atoms with van der Waals surface area (Å²) in [6, 6.07) is 5.27. The van der Waals surface area contributed by atoms with E-state index in [0.29, 0.717) is 11.5 Å². The van der Waals surface area contributed by atoms with E-state index in [1.54, 1.807) is 6.07 Å². The van der Waals surface area contributed by atoms with Crippen LogP contribution in [-0.4, -0.2) is 13.1 Å². The first kappa shape index (κ1) is 17.7. The zero-order valence-electron chi connectivity index (χ0n) is 12.0. The van der Waals surface area contributed by atoms with Gasteiger partial charge in [-0.2, -0.15) is 0 Å². The van der Waals surface area contributed by atoms with Crippen LogP contribution in [0, 0.1) is 5.41 Å². The first-order valence-electron chi connectivity index (χ1n) is 5.87. The molecule has 0 heterocycles. The maximum atomic E-state index is 11.0. The van der Waals surface area contributed by atoms with Crippen LogP contribution in [0.1, 0.15) is 39.3 Å². The summed E-state index contributed by atoms with van der Waals surface area (Å²) >= 11 is 0. The Balaban J connectivity index is 0.00000324. The van der Waals surface area contributed by atoms with Crippen LogP contribution in [0.3, 0.4) is 0 Å². The van der Waals surface area contributed by atoms with Gasteiger partial charge >= 0.3 is 5.97 Å². The lowest BCUT2D eigenvalue weighted by molar-refractivity contribution is -0.132. The Hall–Kier alpha value is -1.26. The Bertz CT molecular complexity index is 441. The van der Waals surface area contributed by atoms with E-state index in [2.05, 4.69) is 20.8 Å². The molecule has 1 aromatic rings. The summed E-state index contributed by atoms with van der Waals surface area (Å²) in [4.78, 5) is 11.0. The largest absolute Gasteiger partial charge is 0.493 e. The number of rotatable bonds is 3. The lowest BCUT2D eigenvalue weighted by Crippen LogP contribution is -2.26. The van der Waals surface area contributed by atoms with Gasteiger partial charge in [-0.25, -0.2) is 0 Å². The monoisotopic (exact) mass is 287 g/mol. The summed E-state index contributed by atoms with van der Waals surface area (Å²) in [6.45, 7) is 7.58. The lowest BCUT2D eigenvalue weighted by atomic mass is 9.83. The molecule has 0 aliphatic carbocycles. The number of hydrogen-bond donors (Lipinski definition) is 1. The summed E-state index contributed by atoms with van der Waals surface area (Å²) in [7, 11) is 1.54. The topological polar surface area (TPSA) is 61.6 Å². The fourth-order valence-corrected chi connectivity index (χ4v) is 1.62. The molecule has 1 rings (SSSR count). The van der Waals surface area contributed by atoms with Gasteiger partial charge in [0.05, 0.1) is 7.11 Å². The molecule has 0 fully saturated rings. The number of hydrogen-bond acceptors (Lipinski definition) is 4. The summed E-state index contributed by atoms with van der Waals surface area (Å²) in [5.74, 6) is 0.554. The summed E-state index contributed by atoms with van der Waals surface area (Å²) in [5, 5.41) is 0. The Morgan fingerprint density at radius 2 is 1.84 bits per heavy atom. The van der Waals surface area contributed by atoms with E-state index in [4.69, 9.17) is 15.2 Å². The van der Waals surface area contributed by atoms with Crippen molar-refractivity contribution in [2.45, 2.75) is 33.7 Å². The van der Waals surface area contributed by atoms with Gasteiger partial charge in [-0.3, -0.25) is 4.79 Å². The molecule has 19 heavy (non-hydrogen) atoms. The molecule has 0 aliphatic rings. The van der Waals surface area contributed by atoms with Crippen LogP contribution >= 0.6 is 12.4 Å². The molecule has 0 saturated carbocycles. The van der Waals surface area contributed by atoms with Crippen LogP contribution < -0.4 is 15.2 Å². The summed E-state index contributed by atoms with van der Waals surface area (Å²) in [6.07, 6.45) is 0. The molecule has 0 radical (unpaired) electrons. The van der Waals surface area contributed by atoms with Gasteiger partial charge in [-0.05, 0) is 23.1 Å². The third-order valence-electron chi connectivity index (χ3n) is 2.73. The van der Waals surface area contributed by atoms with Gasteiger partial charge in [0.1, 0.15) is 0 Å². The molecule has 108 valence electrons. The van der Waals surface area contributed by atoms with Gasteiger partial charge in [0.2, 0.25) is 0 Å². The lowest BCUT2D eigenvalue weighted by Gasteiger charge is -2.27. The van der Waals surface area contributed by atoms with Crippen LogP contribution in [0.2, 0.25) is 0 Å². The van der Waals surface area contributed by atoms with Crippen molar-refractivity contribution in [1.82, 2.24) is 0 Å². The summed E-state index contributed by atoms with van der Waals surface area (Å²) in [5.41, 5.74) is 7.09. The number of carbonyl (C=O) groups is 1. The molecule has 2 N–H and O–H groups in total. The van der Waals surface area contributed by atoms with Crippen molar-refractivity contribution >= 4 is 18.4 Å². The Morgan fingerprint density at radius 3 is 2.26 bits per heavy atom. The minimum atomic E-state index is -0.374. The first-order chi connectivity index (χ1) is 8.25. The van der Waals surface area contributed by atoms with Gasteiger partial charge in [-0.1, -0.05) is 26.8 Å². The normalized spacial score (nSPS) is 12.3. The Labute approximate surface area is 120 Å². The average Bonchev–Trinajstić information content (AvgIpc) is 2.26. The molecular weight excluding hydrogens is 266 g/mol. The maximum Gasteiger partial charge on any atom is 0.308 e. The SMILES string of the molecule is COc1cc([C@@H](N)C(C)(C)C)ccc1OC(C)=O.Cl. The molecule has 5 heteroatoms. The van der Waals surface area contributed by atoms with Crippen molar-refractivity contribution in [2.24, 2.45) is 11.1 Å². The number of carbonyl (C=O) groups excluding carboxylic acids is 1. The summed E-state index contributed by atoms with van der Waals surface area (Å²) < 4.78 is 10.3. The number of nitrogens with two attached hydrogens (primary N) is 1. The van der Waals surface area contributed by atoms with Crippen molar-refractivity contribution in [3.8, 4) is 11.5 Å². The second kappa shape index (κ2) is 6.78. The van der Waals surface area contributed by atoms with E-state index >= 15 is 0 Å². The molecule has 0 bridgehead atoms. The molecule has 0 aromatic heterocycles. The highest BCUT2D eigenvalue weighted by atomic mass is 35.5. The van der Waals surface area contributed by atoms with Crippen LogP contribution in [0.4, 0.5) is 0 Å². The van der Waals surface area contributed by atoms with E-state index < -0.39 is 0 Å². The third-order valence-corrected chi connectivity index (χ3v) is 2.73. The quantitative estimate of drug-likeness (QED) is 0.685. The van der Waals surface area contributed by atoms with Gasteiger partial charge in [0, 0.05) is 13.0 Å². The van der Waals surface area contributed by atoms with Crippen molar-refractivity contribution in [3.63, 3.8) is 0 Å². The molecule has 0 aliphatic heterocycles. The molecule has 0 saturated heterocycles. The highest BCUT2D eigenvalue weighted by molar-refractivity contribution is 5.85. The van der Waals surface area contributed by atoms with Crippen LogP contribution in [-0.2, 0) is 4.79 Å². The van der Waals surface area contributed by atoms with Crippen molar-refractivity contribution in [3.05, 3.63) is 23.8 Å². The van der Waals surface area contributed by atoms with Gasteiger partial charge in [-0.15, -0.1) is 12.4 Å². The van der Waals surface area contributed by atoms with E-state index in [0.717, 1.165) is 5.56 Å². The van der Waals surface area contributed by atoms with E-state index in [1.807, 2.05) is 12.1 Å². The average molecular weight is 288 g/mol. The van der Waals surface area contributed by atoms with Crippen molar-refractivity contribution in [1.29, 1.82) is 0 Å². The first-order valence-corrected chi connectivity index (χ1v) is 5.87. The molecule has 0 unspecified atom stereocenters. The fraction of sp³-hybridized carbons (Fsp3) is 0.500. The number of methoxy groups -OCH3 is 1. The molecule has 0 spiro atoms. The highest BCUT2D eigenvalue weighted by Crippen LogP contribution is 2.35. The maximum absolute atomic E-state index is 11.0. The standard InChI is InChI=1S/C14H21NO3.ClH/c1-9(16)18-11-7-6-10(8-12(11)17-5)13(15)14(2,3)4;/h6-8,13H,15H2,1-5H3;1H/t13-;/m1./s1. The molecule has 1 atom stereocenters. The van der Waals surface area contributed by atoms with Crippen molar-refractivity contribution < 1.29 is 14.3 Å². The second-order valence-corrected chi connectivity index (χ2v) is 5.35. The number of halogens is 1. The number of benzene rings is 1. The number of esters is 1. The predicted molar refractivity (Wildman–Crippen MR) is 77.9 cm³/mol. The van der Waals surface area contributed by atoms with Gasteiger partial charge in [0.15, 0.2) is 11.5 Å². The highest BCUT2D eigenvalue weighted by Gasteiger charge is 2.23. The third kappa shape index (κ3) is 4.73. The molecular formula is C14H22ClNO3. The molecule has 0 amide bonds.